The molecular weight excluding hydrogens is 240 g/mol. The van der Waals surface area contributed by atoms with Crippen molar-refractivity contribution in [2.45, 2.75) is 25.3 Å². The molecule has 2 rings (SSSR count). The molecule has 3 nitrogen and oxygen atoms in total. The third kappa shape index (κ3) is 2.55. The molecule has 0 aromatic heterocycles. The lowest BCUT2D eigenvalue weighted by Crippen LogP contribution is -2.44. The van der Waals surface area contributed by atoms with Crippen LogP contribution in [0.25, 0.3) is 0 Å². The first-order valence-electron chi connectivity index (χ1n) is 5.75. The summed E-state index contributed by atoms with van der Waals surface area (Å²) in [6.07, 6.45) is -2.76. The Morgan fingerprint density at radius 1 is 1.28 bits per heavy atom. The van der Waals surface area contributed by atoms with Crippen LogP contribution < -0.4 is 0 Å². The third-order valence-corrected chi connectivity index (χ3v) is 3.08. The fourth-order valence-corrected chi connectivity index (χ4v) is 2.19. The van der Waals surface area contributed by atoms with Gasteiger partial charge in [-0.05, 0) is 5.56 Å². The van der Waals surface area contributed by atoms with E-state index in [-0.39, 0.29) is 25.2 Å². The number of carbonyl (C=O) groups excluding carboxylic acids is 2. The first-order valence-corrected chi connectivity index (χ1v) is 5.75. The van der Waals surface area contributed by atoms with Crippen molar-refractivity contribution in [3.63, 3.8) is 0 Å². The van der Waals surface area contributed by atoms with Gasteiger partial charge in [0.2, 0.25) is 0 Å². The van der Waals surface area contributed by atoms with Crippen LogP contribution >= 0.6 is 0 Å². The molecule has 1 aromatic carbocycles. The monoisotopic (exact) mass is 253 g/mol. The van der Waals surface area contributed by atoms with Crippen molar-refractivity contribution in [1.82, 2.24) is 4.90 Å². The molecule has 18 heavy (non-hydrogen) atoms. The zero-order valence-electron chi connectivity index (χ0n) is 9.68. The van der Waals surface area contributed by atoms with E-state index in [0.717, 1.165) is 10.5 Å². The van der Waals surface area contributed by atoms with Crippen molar-refractivity contribution in [3.8, 4) is 0 Å². The summed E-state index contributed by atoms with van der Waals surface area (Å²) in [6.45, 7) is 0.0710. The summed E-state index contributed by atoms with van der Waals surface area (Å²) >= 11 is 0. The van der Waals surface area contributed by atoms with Crippen molar-refractivity contribution in [2.75, 3.05) is 6.54 Å². The fraction of sp³-hybridized carbons (Fsp3) is 0.385. The molecule has 1 fully saturated rings. The lowest BCUT2D eigenvalue weighted by atomic mass is 9.94. The number of ketones is 1. The molecule has 1 aromatic rings. The maximum absolute atomic E-state index is 12.5. The van der Waals surface area contributed by atoms with E-state index in [2.05, 4.69) is 0 Å². The molecular formula is C13H13F2NO2. The van der Waals surface area contributed by atoms with Crippen LogP contribution in [-0.4, -0.2) is 29.6 Å². The van der Waals surface area contributed by atoms with E-state index in [1.54, 1.807) is 30.3 Å². The molecule has 96 valence electrons. The molecule has 1 atom stereocenters. The summed E-state index contributed by atoms with van der Waals surface area (Å²) in [7, 11) is 0. The molecule has 0 bridgehead atoms. The Bertz CT molecular complexity index is 448. The lowest BCUT2D eigenvalue weighted by molar-refractivity contribution is -0.148. The minimum atomic E-state index is -3.02. The largest absolute Gasteiger partial charge is 0.330 e. The van der Waals surface area contributed by atoms with Crippen LogP contribution in [0.1, 0.15) is 24.4 Å². The number of hydrogen-bond donors (Lipinski definition) is 0. The molecule has 0 aliphatic carbocycles. The Balaban J connectivity index is 2.27. The number of rotatable bonds is 2. The second-order valence-electron chi connectivity index (χ2n) is 4.25. The van der Waals surface area contributed by atoms with E-state index in [1.807, 2.05) is 0 Å². The Hall–Kier alpha value is -1.78. The maximum atomic E-state index is 12.5. The number of carbonyl (C=O) groups is 2. The molecule has 1 heterocycles. The van der Waals surface area contributed by atoms with Crippen LogP contribution in [0.15, 0.2) is 30.3 Å². The number of likely N-dealkylation sites (tertiary alicyclic amines) is 1. The number of nitrogens with zero attached hydrogens (tertiary/aromatic N) is 1. The van der Waals surface area contributed by atoms with Crippen molar-refractivity contribution >= 4 is 11.7 Å². The average molecular weight is 253 g/mol. The summed E-state index contributed by atoms with van der Waals surface area (Å²) in [5, 5.41) is 0. The number of amides is 1. The minimum Gasteiger partial charge on any atom is -0.330 e. The van der Waals surface area contributed by atoms with Gasteiger partial charge in [0.15, 0.2) is 0 Å². The van der Waals surface area contributed by atoms with Gasteiger partial charge in [0.25, 0.3) is 5.91 Å². The normalized spacial score (nSPS) is 20.3. The number of halogens is 2. The highest BCUT2D eigenvalue weighted by Gasteiger charge is 2.35. The van der Waals surface area contributed by atoms with Crippen molar-refractivity contribution in [3.05, 3.63) is 35.9 Å². The van der Waals surface area contributed by atoms with E-state index in [4.69, 9.17) is 0 Å². The minimum absolute atomic E-state index is 0.00201. The Labute approximate surface area is 103 Å². The van der Waals surface area contributed by atoms with Crippen LogP contribution in [0.2, 0.25) is 0 Å². The molecule has 1 aliphatic rings. The third-order valence-electron chi connectivity index (χ3n) is 3.08. The van der Waals surface area contributed by atoms with E-state index < -0.39 is 18.4 Å². The standard InChI is InChI=1S/C13H13F2NO2/c14-12(15)13(18)16-7-6-10(17)8-11(16)9-4-2-1-3-5-9/h1-5,11-12H,6-8H2/t11-/m0/s1. The zero-order chi connectivity index (χ0) is 13.1. The van der Waals surface area contributed by atoms with Crippen molar-refractivity contribution < 1.29 is 18.4 Å². The van der Waals surface area contributed by atoms with Gasteiger partial charge in [-0.15, -0.1) is 0 Å². The highest BCUT2D eigenvalue weighted by molar-refractivity contribution is 5.85. The van der Waals surface area contributed by atoms with Crippen molar-refractivity contribution in [2.24, 2.45) is 0 Å². The molecule has 5 heteroatoms. The number of hydrogen-bond acceptors (Lipinski definition) is 2. The predicted octanol–water partition coefficient (Wildman–Crippen LogP) is 2.18. The lowest BCUT2D eigenvalue weighted by Gasteiger charge is -2.35. The Kier molecular flexibility index (Phi) is 3.69. The molecule has 0 radical (unpaired) electrons. The van der Waals surface area contributed by atoms with Crippen molar-refractivity contribution in [1.29, 1.82) is 0 Å². The maximum Gasteiger partial charge on any atom is 0.315 e. The van der Waals surface area contributed by atoms with Crippen LogP contribution in [0.5, 0.6) is 0 Å². The van der Waals surface area contributed by atoms with Crippen LogP contribution in [-0.2, 0) is 9.59 Å². The van der Waals surface area contributed by atoms with Gasteiger partial charge in [-0.1, -0.05) is 30.3 Å². The zero-order valence-corrected chi connectivity index (χ0v) is 9.68. The Morgan fingerprint density at radius 3 is 2.56 bits per heavy atom. The van der Waals surface area contributed by atoms with E-state index >= 15 is 0 Å². The number of alkyl halides is 2. The average Bonchev–Trinajstić information content (AvgIpc) is 2.39. The highest BCUT2D eigenvalue weighted by Crippen LogP contribution is 2.30. The molecule has 0 saturated carbocycles. The molecule has 1 saturated heterocycles. The summed E-state index contributed by atoms with van der Waals surface area (Å²) in [6, 6.07) is 8.25. The van der Waals surface area contributed by atoms with Gasteiger partial charge in [-0.3, -0.25) is 9.59 Å². The van der Waals surface area contributed by atoms with Crippen LogP contribution in [0, 0.1) is 0 Å². The van der Waals surface area contributed by atoms with Gasteiger partial charge >= 0.3 is 6.43 Å². The molecule has 0 N–H and O–H groups in total. The summed E-state index contributed by atoms with van der Waals surface area (Å²) in [5.74, 6) is -1.20. The first-order chi connectivity index (χ1) is 8.59. The second-order valence-corrected chi connectivity index (χ2v) is 4.25. The number of benzene rings is 1. The topological polar surface area (TPSA) is 37.4 Å². The molecule has 0 unspecified atom stereocenters. The first kappa shape index (κ1) is 12.7. The second kappa shape index (κ2) is 5.25. The summed E-state index contributed by atoms with van der Waals surface area (Å²) < 4.78 is 25.0. The highest BCUT2D eigenvalue weighted by atomic mass is 19.3. The van der Waals surface area contributed by atoms with E-state index in [9.17, 15) is 18.4 Å². The van der Waals surface area contributed by atoms with Gasteiger partial charge in [0.05, 0.1) is 6.04 Å². The van der Waals surface area contributed by atoms with E-state index in [1.165, 1.54) is 0 Å². The fourth-order valence-electron chi connectivity index (χ4n) is 2.19. The van der Waals surface area contributed by atoms with Gasteiger partial charge in [-0.2, -0.15) is 8.78 Å². The SMILES string of the molecule is O=C1CCN(C(=O)C(F)F)[C@H](c2ccccc2)C1. The molecule has 0 spiro atoms. The van der Waals surface area contributed by atoms with Gasteiger partial charge in [0.1, 0.15) is 5.78 Å². The van der Waals surface area contributed by atoms with E-state index in [0.29, 0.717) is 0 Å². The predicted molar refractivity (Wildman–Crippen MR) is 61.1 cm³/mol. The van der Waals surface area contributed by atoms with Crippen LogP contribution in [0.4, 0.5) is 8.78 Å². The van der Waals surface area contributed by atoms with Gasteiger partial charge in [-0.25, -0.2) is 0 Å². The summed E-state index contributed by atoms with van der Waals surface area (Å²) in [5.41, 5.74) is 0.722. The Morgan fingerprint density at radius 2 is 1.94 bits per heavy atom. The number of Topliss-reactive ketones (excluding diaryl/α,β-unsaturated/α-hetero) is 1. The number of piperidine rings is 1. The smallest absolute Gasteiger partial charge is 0.315 e. The summed E-state index contributed by atoms with van der Waals surface area (Å²) in [4.78, 5) is 24.0. The quantitative estimate of drug-likeness (QED) is 0.810. The van der Waals surface area contributed by atoms with Gasteiger partial charge in [0, 0.05) is 19.4 Å². The molecule has 1 aliphatic heterocycles. The van der Waals surface area contributed by atoms with Gasteiger partial charge < -0.3 is 4.90 Å². The molecule has 1 amide bonds. The van der Waals surface area contributed by atoms with Crippen LogP contribution in [0.3, 0.4) is 0 Å².